The van der Waals surface area contributed by atoms with Crippen molar-refractivity contribution in [2.45, 2.75) is 114 Å². The Hall–Kier alpha value is -4.29. The summed E-state index contributed by atoms with van der Waals surface area (Å²) in [6, 6.07) is 0. The highest BCUT2D eigenvalue weighted by atomic mass is 16.5. The number of ether oxygens (including phenoxy) is 1. The standard InChI is InChI=1S/C44H58O6/c1-30(17-13-19-32(3)21-23-37-34(5)27-36(45)28-43(37,7)8)15-11-12-16-31(2)18-14-20-33(4)22-24-38-35(6)42(49)39(29-44(38,9)10)50-41(48)26-25-40(46)47/h11-24,36,39,45H,25-29H2,1-10H3,(H,46,47). The van der Waals surface area contributed by atoms with Gasteiger partial charge in [0.25, 0.3) is 0 Å². The van der Waals surface area contributed by atoms with Crippen LogP contribution in [0.15, 0.2) is 130 Å². The summed E-state index contributed by atoms with van der Waals surface area (Å²) in [5, 5.41) is 18.9. The van der Waals surface area contributed by atoms with Crippen molar-refractivity contribution < 1.29 is 29.3 Å². The molecule has 2 aliphatic rings. The Labute approximate surface area is 300 Å². The van der Waals surface area contributed by atoms with Gasteiger partial charge in [-0.15, -0.1) is 0 Å². The van der Waals surface area contributed by atoms with E-state index in [9.17, 15) is 19.5 Å². The van der Waals surface area contributed by atoms with Crippen molar-refractivity contribution in [3.8, 4) is 0 Å². The number of Topliss-reactive ketones (excluding diaryl/α,β-unsaturated/α-hetero) is 1. The van der Waals surface area contributed by atoms with Gasteiger partial charge in [-0.1, -0.05) is 141 Å². The van der Waals surface area contributed by atoms with E-state index in [0.717, 1.165) is 35.1 Å². The topological polar surface area (TPSA) is 101 Å². The normalized spacial score (nSPS) is 22.7. The zero-order valence-electron chi connectivity index (χ0n) is 31.8. The molecule has 0 aromatic carbocycles. The molecule has 2 aliphatic carbocycles. The predicted molar refractivity (Wildman–Crippen MR) is 205 cm³/mol. The zero-order chi connectivity index (χ0) is 37.6. The number of rotatable bonds is 14. The highest BCUT2D eigenvalue weighted by Gasteiger charge is 2.39. The molecule has 0 bridgehead atoms. The summed E-state index contributed by atoms with van der Waals surface area (Å²) in [6.07, 6.45) is 28.9. The molecule has 0 aromatic heterocycles. The molecular formula is C44H58O6. The van der Waals surface area contributed by atoms with Crippen LogP contribution in [0.5, 0.6) is 0 Å². The van der Waals surface area contributed by atoms with Crippen molar-refractivity contribution in [3.05, 3.63) is 130 Å². The Bertz CT molecular complexity index is 1620. The summed E-state index contributed by atoms with van der Waals surface area (Å²) < 4.78 is 5.36. The predicted octanol–water partition coefficient (Wildman–Crippen LogP) is 10.1. The number of aliphatic hydroxyl groups is 1. The van der Waals surface area contributed by atoms with Crippen LogP contribution in [0.1, 0.15) is 101 Å². The van der Waals surface area contributed by atoms with Gasteiger partial charge in [0, 0.05) is 6.42 Å². The van der Waals surface area contributed by atoms with Crippen LogP contribution >= 0.6 is 0 Å². The number of carboxylic acids is 1. The first-order valence-corrected chi connectivity index (χ1v) is 17.5. The molecule has 0 radical (unpaired) electrons. The van der Waals surface area contributed by atoms with Crippen molar-refractivity contribution in [3.63, 3.8) is 0 Å². The monoisotopic (exact) mass is 682 g/mol. The van der Waals surface area contributed by atoms with Crippen LogP contribution in [0.25, 0.3) is 0 Å². The van der Waals surface area contributed by atoms with Gasteiger partial charge in [-0.2, -0.15) is 0 Å². The fourth-order valence-electron chi connectivity index (χ4n) is 6.37. The number of hydrogen-bond acceptors (Lipinski definition) is 5. The van der Waals surface area contributed by atoms with Crippen molar-refractivity contribution >= 4 is 17.7 Å². The number of aliphatic hydroxyl groups excluding tert-OH is 1. The number of aliphatic carboxylic acids is 1. The van der Waals surface area contributed by atoms with Crippen LogP contribution in [-0.4, -0.2) is 40.1 Å². The van der Waals surface area contributed by atoms with Gasteiger partial charge < -0.3 is 14.9 Å². The lowest BCUT2D eigenvalue weighted by atomic mass is 9.71. The van der Waals surface area contributed by atoms with Gasteiger partial charge in [0.05, 0.1) is 18.9 Å². The van der Waals surface area contributed by atoms with Gasteiger partial charge in [0.1, 0.15) is 0 Å². The zero-order valence-corrected chi connectivity index (χ0v) is 31.8. The molecule has 6 nitrogen and oxygen atoms in total. The van der Waals surface area contributed by atoms with E-state index in [4.69, 9.17) is 9.84 Å². The first kappa shape index (κ1) is 41.9. The first-order chi connectivity index (χ1) is 23.3. The summed E-state index contributed by atoms with van der Waals surface area (Å²) >= 11 is 0. The number of ketones is 1. The average molecular weight is 683 g/mol. The van der Waals surface area contributed by atoms with E-state index in [1.54, 1.807) is 6.92 Å². The van der Waals surface area contributed by atoms with E-state index >= 15 is 0 Å². The summed E-state index contributed by atoms with van der Waals surface area (Å²) in [4.78, 5) is 35.8. The van der Waals surface area contributed by atoms with Crippen molar-refractivity contribution in [2.24, 2.45) is 10.8 Å². The second-order valence-corrected chi connectivity index (χ2v) is 14.9. The molecule has 0 saturated carbocycles. The quantitative estimate of drug-likeness (QED) is 0.140. The second-order valence-electron chi connectivity index (χ2n) is 14.9. The van der Waals surface area contributed by atoms with E-state index in [2.05, 4.69) is 77.2 Å². The lowest BCUT2D eigenvalue weighted by molar-refractivity contribution is -0.157. The third-order valence-electron chi connectivity index (χ3n) is 9.08. The van der Waals surface area contributed by atoms with E-state index in [-0.39, 0.29) is 30.1 Å². The van der Waals surface area contributed by atoms with Crippen LogP contribution in [0, 0.1) is 10.8 Å². The number of carboxylic acid groups (broad SMARTS) is 1. The van der Waals surface area contributed by atoms with E-state index in [1.807, 2.05) is 70.2 Å². The highest BCUT2D eigenvalue weighted by molar-refractivity contribution is 6.01. The van der Waals surface area contributed by atoms with Gasteiger partial charge in [-0.3, -0.25) is 14.4 Å². The molecular weight excluding hydrogens is 624 g/mol. The number of allylic oxidation sites excluding steroid dienone is 20. The van der Waals surface area contributed by atoms with Gasteiger partial charge in [-0.25, -0.2) is 0 Å². The lowest BCUT2D eigenvalue weighted by Crippen LogP contribution is -2.39. The maximum atomic E-state index is 13.0. The third-order valence-corrected chi connectivity index (χ3v) is 9.08. The Morgan fingerprint density at radius 1 is 0.720 bits per heavy atom. The molecule has 50 heavy (non-hydrogen) atoms. The maximum absolute atomic E-state index is 13.0. The molecule has 0 amide bonds. The Morgan fingerprint density at radius 3 is 1.68 bits per heavy atom. The molecule has 2 unspecified atom stereocenters. The van der Waals surface area contributed by atoms with Gasteiger partial charge in [0.15, 0.2) is 11.9 Å². The van der Waals surface area contributed by atoms with Gasteiger partial charge >= 0.3 is 11.9 Å². The van der Waals surface area contributed by atoms with Crippen molar-refractivity contribution in [1.29, 1.82) is 0 Å². The Kier molecular flexibility index (Phi) is 16.1. The van der Waals surface area contributed by atoms with Crippen molar-refractivity contribution in [2.75, 3.05) is 0 Å². The molecule has 2 atom stereocenters. The van der Waals surface area contributed by atoms with Gasteiger partial charge in [0.2, 0.25) is 0 Å². The summed E-state index contributed by atoms with van der Waals surface area (Å²) in [5.74, 6) is -1.99. The van der Waals surface area contributed by atoms with E-state index < -0.39 is 23.5 Å². The van der Waals surface area contributed by atoms with Crippen LogP contribution in [0.4, 0.5) is 0 Å². The lowest BCUT2D eigenvalue weighted by Gasteiger charge is -2.36. The summed E-state index contributed by atoms with van der Waals surface area (Å²) in [7, 11) is 0. The summed E-state index contributed by atoms with van der Waals surface area (Å²) in [5.41, 5.74) is 8.04. The number of carbonyl (C=O) groups excluding carboxylic acids is 2. The summed E-state index contributed by atoms with van der Waals surface area (Å²) in [6.45, 7) is 20.5. The fraction of sp³-hybridized carbons (Fsp3) is 0.432. The number of carbonyl (C=O) groups is 3. The average Bonchev–Trinajstić information content (AvgIpc) is 2.99. The second kappa shape index (κ2) is 19.2. The van der Waals surface area contributed by atoms with Gasteiger partial charge in [-0.05, 0) is 81.9 Å². The molecule has 0 aromatic rings. The molecule has 6 heteroatoms. The first-order valence-electron chi connectivity index (χ1n) is 17.5. The SMILES string of the molecule is CC(C=CC=C(C)C=CC1=C(C)CC(O)CC1(C)C)=CC=CC=C(C)C=CC=C(C)C=CC1=C(C)C(=O)C(OC(=O)CCC(=O)O)CC1(C)C. The largest absolute Gasteiger partial charge is 0.481 e. The number of hydrogen-bond donors (Lipinski definition) is 2. The Morgan fingerprint density at radius 2 is 1.18 bits per heavy atom. The minimum absolute atomic E-state index is 0.0222. The smallest absolute Gasteiger partial charge is 0.307 e. The van der Waals surface area contributed by atoms with Crippen LogP contribution in [0.2, 0.25) is 0 Å². The molecule has 0 aliphatic heterocycles. The van der Waals surface area contributed by atoms with Crippen LogP contribution < -0.4 is 0 Å². The van der Waals surface area contributed by atoms with E-state index in [1.165, 1.54) is 16.7 Å². The molecule has 2 rings (SSSR count). The van der Waals surface area contributed by atoms with Crippen molar-refractivity contribution in [1.82, 2.24) is 0 Å². The molecule has 0 heterocycles. The number of esters is 1. The van der Waals surface area contributed by atoms with E-state index in [0.29, 0.717) is 12.0 Å². The minimum Gasteiger partial charge on any atom is -0.481 e. The maximum Gasteiger partial charge on any atom is 0.307 e. The molecule has 0 spiro atoms. The Balaban J connectivity index is 1.95. The molecule has 0 fully saturated rings. The fourth-order valence-corrected chi connectivity index (χ4v) is 6.37. The molecule has 270 valence electrons. The highest BCUT2D eigenvalue weighted by Crippen LogP contribution is 2.42. The van der Waals surface area contributed by atoms with Crippen LogP contribution in [0.3, 0.4) is 0 Å². The third kappa shape index (κ3) is 13.9. The molecule has 2 N–H and O–H groups in total. The molecule has 0 saturated heterocycles. The minimum atomic E-state index is -1.08. The van der Waals surface area contributed by atoms with Crippen LogP contribution in [-0.2, 0) is 19.1 Å².